The maximum Gasteiger partial charge on any atom is 0.324 e. The number of nitrogens with zero attached hydrogens (tertiary/aromatic N) is 2. The van der Waals surface area contributed by atoms with Crippen molar-refractivity contribution >= 4 is 23.5 Å². The summed E-state index contributed by atoms with van der Waals surface area (Å²) in [7, 11) is 1.82. The lowest BCUT2D eigenvalue weighted by Gasteiger charge is -2.18. The van der Waals surface area contributed by atoms with Gasteiger partial charge < -0.3 is 9.73 Å². The van der Waals surface area contributed by atoms with Gasteiger partial charge in [0, 0.05) is 23.7 Å². The molecule has 0 aliphatic carbocycles. The molecular formula is C17H18ClN3O3. The second kappa shape index (κ2) is 7.07. The van der Waals surface area contributed by atoms with Gasteiger partial charge in [-0.3, -0.25) is 14.6 Å². The predicted molar refractivity (Wildman–Crippen MR) is 90.6 cm³/mol. The van der Waals surface area contributed by atoms with E-state index in [0.717, 1.165) is 17.1 Å². The summed E-state index contributed by atoms with van der Waals surface area (Å²) >= 11 is 5.88. The van der Waals surface area contributed by atoms with E-state index < -0.39 is 0 Å². The Balaban J connectivity index is 1.59. The summed E-state index contributed by atoms with van der Waals surface area (Å²) in [6.45, 7) is 1.57. The quantitative estimate of drug-likeness (QED) is 0.902. The van der Waals surface area contributed by atoms with E-state index in [1.807, 2.05) is 48.3 Å². The van der Waals surface area contributed by atoms with E-state index in [4.69, 9.17) is 16.0 Å². The number of amides is 3. The number of furan rings is 1. The molecule has 0 radical (unpaired) electrons. The molecule has 1 aliphatic rings. The van der Waals surface area contributed by atoms with Crippen LogP contribution in [0.3, 0.4) is 0 Å². The second-order valence-electron chi connectivity index (χ2n) is 5.72. The predicted octanol–water partition coefficient (Wildman–Crippen LogP) is 2.58. The van der Waals surface area contributed by atoms with Gasteiger partial charge in [0.1, 0.15) is 11.5 Å². The average Bonchev–Trinajstić information content (AvgIpc) is 3.17. The Morgan fingerprint density at radius 1 is 1.29 bits per heavy atom. The Bertz CT molecular complexity index is 742. The number of imide groups is 1. The topological polar surface area (TPSA) is 65.8 Å². The van der Waals surface area contributed by atoms with Gasteiger partial charge in [0.25, 0.3) is 0 Å². The summed E-state index contributed by atoms with van der Waals surface area (Å²) in [4.78, 5) is 26.6. The van der Waals surface area contributed by atoms with Crippen LogP contribution in [0.15, 0.2) is 40.8 Å². The van der Waals surface area contributed by atoms with Gasteiger partial charge in [-0.1, -0.05) is 11.6 Å². The van der Waals surface area contributed by atoms with Crippen molar-refractivity contribution in [1.82, 2.24) is 15.1 Å². The first-order valence-corrected chi connectivity index (χ1v) is 8.02. The molecule has 1 N–H and O–H groups in total. The van der Waals surface area contributed by atoms with Crippen LogP contribution in [0, 0.1) is 0 Å². The fourth-order valence-electron chi connectivity index (χ4n) is 2.58. The molecule has 1 fully saturated rings. The number of carbonyl (C=O) groups is 2. The van der Waals surface area contributed by atoms with Crippen molar-refractivity contribution in [3.63, 3.8) is 0 Å². The lowest BCUT2D eigenvalue weighted by molar-refractivity contribution is -0.128. The van der Waals surface area contributed by atoms with E-state index in [2.05, 4.69) is 5.32 Å². The number of halogens is 1. The van der Waals surface area contributed by atoms with Gasteiger partial charge in [0.15, 0.2) is 0 Å². The van der Waals surface area contributed by atoms with Crippen LogP contribution in [0.1, 0.15) is 5.76 Å². The summed E-state index contributed by atoms with van der Waals surface area (Å²) in [5, 5.41) is 3.29. The third kappa shape index (κ3) is 3.77. The molecule has 24 heavy (non-hydrogen) atoms. The first kappa shape index (κ1) is 16.5. The minimum atomic E-state index is -0.323. The summed E-state index contributed by atoms with van der Waals surface area (Å²) in [5.41, 5.74) is 0.943. The highest BCUT2D eigenvalue weighted by atomic mass is 35.5. The minimum Gasteiger partial charge on any atom is -0.460 e. The molecule has 7 heteroatoms. The Kier molecular flexibility index (Phi) is 4.87. The molecule has 0 spiro atoms. The molecule has 1 aromatic carbocycles. The molecule has 2 aromatic rings. The third-order valence-electron chi connectivity index (χ3n) is 3.78. The van der Waals surface area contributed by atoms with Crippen molar-refractivity contribution in [3.8, 4) is 11.3 Å². The number of urea groups is 1. The summed E-state index contributed by atoms with van der Waals surface area (Å²) in [6.07, 6.45) is 0. The van der Waals surface area contributed by atoms with Crippen LogP contribution in [-0.4, -0.2) is 48.4 Å². The van der Waals surface area contributed by atoms with Crippen molar-refractivity contribution in [1.29, 1.82) is 0 Å². The van der Waals surface area contributed by atoms with Crippen LogP contribution in [0.25, 0.3) is 11.3 Å². The van der Waals surface area contributed by atoms with Gasteiger partial charge in [-0.15, -0.1) is 0 Å². The fourth-order valence-corrected chi connectivity index (χ4v) is 2.71. The average molecular weight is 348 g/mol. The zero-order chi connectivity index (χ0) is 17.1. The Morgan fingerprint density at radius 3 is 2.71 bits per heavy atom. The summed E-state index contributed by atoms with van der Waals surface area (Å²) in [5.74, 6) is 1.29. The van der Waals surface area contributed by atoms with Crippen LogP contribution in [0.2, 0.25) is 5.02 Å². The van der Waals surface area contributed by atoms with E-state index >= 15 is 0 Å². The standard InChI is InChI=1S/C17H18ClN3O3/c1-20(11-16(22)21-9-8-19-17(21)23)10-14-6-7-15(24-14)12-2-4-13(18)5-3-12/h2-7H,8-11H2,1H3,(H,19,23). The lowest BCUT2D eigenvalue weighted by Crippen LogP contribution is -2.40. The molecule has 0 unspecified atom stereocenters. The molecule has 0 bridgehead atoms. The van der Waals surface area contributed by atoms with E-state index in [9.17, 15) is 9.59 Å². The smallest absolute Gasteiger partial charge is 0.324 e. The maximum atomic E-state index is 12.1. The number of benzene rings is 1. The maximum absolute atomic E-state index is 12.1. The SMILES string of the molecule is CN(CC(=O)N1CCNC1=O)Cc1ccc(-c2ccc(Cl)cc2)o1. The Labute approximate surface area is 145 Å². The molecule has 2 heterocycles. The Hall–Kier alpha value is -2.31. The number of rotatable bonds is 5. The van der Waals surface area contributed by atoms with Gasteiger partial charge in [0.2, 0.25) is 5.91 Å². The van der Waals surface area contributed by atoms with Crippen molar-refractivity contribution in [2.45, 2.75) is 6.54 Å². The van der Waals surface area contributed by atoms with Crippen LogP contribution < -0.4 is 5.32 Å². The zero-order valence-corrected chi connectivity index (χ0v) is 14.0. The highest BCUT2D eigenvalue weighted by Crippen LogP contribution is 2.24. The van der Waals surface area contributed by atoms with Crippen LogP contribution in [0.4, 0.5) is 4.79 Å². The minimum absolute atomic E-state index is 0.157. The van der Waals surface area contributed by atoms with Gasteiger partial charge in [-0.25, -0.2) is 4.79 Å². The van der Waals surface area contributed by atoms with Gasteiger partial charge in [0.05, 0.1) is 13.1 Å². The Morgan fingerprint density at radius 2 is 2.04 bits per heavy atom. The van der Waals surface area contributed by atoms with E-state index in [-0.39, 0.29) is 18.5 Å². The molecule has 126 valence electrons. The van der Waals surface area contributed by atoms with Gasteiger partial charge in [-0.05, 0) is 43.4 Å². The molecule has 0 saturated carbocycles. The largest absolute Gasteiger partial charge is 0.460 e. The van der Waals surface area contributed by atoms with Crippen molar-refractivity contribution in [3.05, 3.63) is 47.2 Å². The highest BCUT2D eigenvalue weighted by molar-refractivity contribution is 6.30. The normalized spacial score (nSPS) is 14.3. The van der Waals surface area contributed by atoms with Crippen LogP contribution in [-0.2, 0) is 11.3 Å². The molecule has 0 atom stereocenters. The summed E-state index contributed by atoms with van der Waals surface area (Å²) < 4.78 is 5.82. The molecule has 1 saturated heterocycles. The zero-order valence-electron chi connectivity index (χ0n) is 13.3. The lowest BCUT2D eigenvalue weighted by atomic mass is 10.2. The molecule has 1 aliphatic heterocycles. The fraction of sp³-hybridized carbons (Fsp3) is 0.294. The molecule has 1 aromatic heterocycles. The number of likely N-dealkylation sites (N-methyl/N-ethyl adjacent to an activating group) is 1. The van der Waals surface area contributed by atoms with Crippen LogP contribution >= 0.6 is 11.6 Å². The first-order chi connectivity index (χ1) is 11.5. The second-order valence-corrected chi connectivity index (χ2v) is 6.16. The van der Waals surface area contributed by atoms with Gasteiger partial charge in [-0.2, -0.15) is 0 Å². The van der Waals surface area contributed by atoms with Crippen molar-refractivity contribution < 1.29 is 14.0 Å². The number of carbonyl (C=O) groups excluding carboxylic acids is 2. The van der Waals surface area contributed by atoms with Gasteiger partial charge >= 0.3 is 6.03 Å². The monoisotopic (exact) mass is 347 g/mol. The van der Waals surface area contributed by atoms with Crippen molar-refractivity contribution in [2.24, 2.45) is 0 Å². The first-order valence-electron chi connectivity index (χ1n) is 7.64. The summed E-state index contributed by atoms with van der Waals surface area (Å²) in [6, 6.07) is 10.9. The van der Waals surface area contributed by atoms with Crippen LogP contribution in [0.5, 0.6) is 0 Å². The third-order valence-corrected chi connectivity index (χ3v) is 4.03. The van der Waals surface area contributed by atoms with E-state index in [0.29, 0.717) is 24.7 Å². The number of hydrogen-bond donors (Lipinski definition) is 1. The molecular weight excluding hydrogens is 330 g/mol. The molecule has 3 amide bonds. The van der Waals surface area contributed by atoms with E-state index in [1.54, 1.807) is 0 Å². The van der Waals surface area contributed by atoms with E-state index in [1.165, 1.54) is 4.90 Å². The molecule has 3 rings (SSSR count). The number of nitrogens with one attached hydrogen (secondary N) is 1. The van der Waals surface area contributed by atoms with Crippen molar-refractivity contribution in [2.75, 3.05) is 26.7 Å². The molecule has 6 nitrogen and oxygen atoms in total. The number of hydrogen-bond acceptors (Lipinski definition) is 4. The highest BCUT2D eigenvalue weighted by Gasteiger charge is 2.26.